The highest BCUT2D eigenvalue weighted by Crippen LogP contribution is 2.26. The number of carbonyl (C=O) groups excluding carboxylic acids is 2. The molecule has 8 nitrogen and oxygen atoms in total. The van der Waals surface area contributed by atoms with Gasteiger partial charge in [-0.25, -0.2) is 8.42 Å². The molecule has 39 heavy (non-hydrogen) atoms. The number of amides is 2. The summed E-state index contributed by atoms with van der Waals surface area (Å²) in [5.74, 6) is 0.320. The lowest BCUT2D eigenvalue weighted by molar-refractivity contribution is -0.140. The largest absolute Gasteiger partial charge is 0.457 e. The molecular weight excluding hydrogens is 582 g/mol. The first-order chi connectivity index (χ1) is 18.2. The van der Waals surface area contributed by atoms with E-state index in [4.69, 9.17) is 4.74 Å². The van der Waals surface area contributed by atoms with Crippen molar-refractivity contribution in [2.24, 2.45) is 0 Å². The quantitative estimate of drug-likeness (QED) is 0.332. The van der Waals surface area contributed by atoms with Crippen molar-refractivity contribution in [3.63, 3.8) is 0 Å². The third-order valence-corrected chi connectivity index (χ3v) is 7.32. The van der Waals surface area contributed by atoms with Crippen LogP contribution in [-0.2, 0) is 26.2 Å². The van der Waals surface area contributed by atoms with Gasteiger partial charge >= 0.3 is 0 Å². The highest BCUT2D eigenvalue weighted by Gasteiger charge is 2.31. The molecular formula is C29H34BrN3O5S. The maximum Gasteiger partial charge on any atom is 0.244 e. The van der Waals surface area contributed by atoms with Crippen LogP contribution in [-0.4, -0.2) is 49.5 Å². The summed E-state index contributed by atoms with van der Waals surface area (Å²) in [6.07, 6.45) is 1.04. The number of ether oxygens (including phenoxy) is 1. The van der Waals surface area contributed by atoms with Gasteiger partial charge in [0, 0.05) is 16.6 Å². The fourth-order valence-electron chi connectivity index (χ4n) is 3.81. The zero-order valence-corrected chi connectivity index (χ0v) is 25.1. The van der Waals surface area contributed by atoms with E-state index in [0.29, 0.717) is 17.2 Å². The lowest BCUT2D eigenvalue weighted by Crippen LogP contribution is -2.54. The second kappa shape index (κ2) is 12.7. The van der Waals surface area contributed by atoms with Crippen LogP contribution in [0.2, 0.25) is 0 Å². The molecule has 208 valence electrons. The number of anilines is 1. The van der Waals surface area contributed by atoms with Gasteiger partial charge < -0.3 is 15.0 Å². The Morgan fingerprint density at radius 2 is 1.56 bits per heavy atom. The van der Waals surface area contributed by atoms with E-state index in [2.05, 4.69) is 21.2 Å². The Morgan fingerprint density at radius 1 is 0.949 bits per heavy atom. The molecule has 3 rings (SSSR count). The van der Waals surface area contributed by atoms with Gasteiger partial charge in [0.05, 0.1) is 11.9 Å². The number of carbonyl (C=O) groups is 2. The van der Waals surface area contributed by atoms with Gasteiger partial charge in [0.2, 0.25) is 21.8 Å². The topological polar surface area (TPSA) is 96.0 Å². The van der Waals surface area contributed by atoms with Crippen LogP contribution in [0.1, 0.15) is 33.3 Å². The molecule has 1 atom stereocenters. The minimum absolute atomic E-state index is 0.123. The van der Waals surface area contributed by atoms with Crippen molar-refractivity contribution in [1.82, 2.24) is 10.2 Å². The number of nitrogens with one attached hydrogen (secondary N) is 1. The lowest BCUT2D eigenvalue weighted by atomic mass is 10.1. The Bertz CT molecular complexity index is 1390. The molecule has 0 saturated carbocycles. The van der Waals surface area contributed by atoms with Crippen LogP contribution < -0.4 is 14.4 Å². The van der Waals surface area contributed by atoms with Crippen molar-refractivity contribution < 1.29 is 22.7 Å². The summed E-state index contributed by atoms with van der Waals surface area (Å²) in [5, 5.41) is 2.90. The predicted molar refractivity (Wildman–Crippen MR) is 157 cm³/mol. The lowest BCUT2D eigenvalue weighted by Gasteiger charge is -2.33. The first-order valence-electron chi connectivity index (χ1n) is 12.4. The van der Waals surface area contributed by atoms with E-state index in [1.54, 1.807) is 31.2 Å². The minimum Gasteiger partial charge on any atom is -0.457 e. The maximum atomic E-state index is 13.7. The molecule has 0 radical (unpaired) electrons. The number of benzene rings is 3. The van der Waals surface area contributed by atoms with E-state index in [-0.39, 0.29) is 12.5 Å². The highest BCUT2D eigenvalue weighted by molar-refractivity contribution is 9.10. The maximum absolute atomic E-state index is 13.7. The average molecular weight is 617 g/mol. The summed E-state index contributed by atoms with van der Waals surface area (Å²) in [6.45, 7) is 6.85. The molecule has 10 heteroatoms. The molecule has 3 aromatic carbocycles. The highest BCUT2D eigenvalue weighted by atomic mass is 79.9. The minimum atomic E-state index is -3.84. The van der Waals surface area contributed by atoms with E-state index in [0.717, 1.165) is 20.6 Å². The van der Waals surface area contributed by atoms with Crippen LogP contribution in [0, 0.1) is 0 Å². The Labute approximate surface area is 239 Å². The number of rotatable bonds is 10. The number of hydrogen-bond donors (Lipinski definition) is 1. The number of nitrogens with zero attached hydrogens (tertiary/aromatic N) is 2. The molecule has 0 saturated heterocycles. The smallest absolute Gasteiger partial charge is 0.244 e. The van der Waals surface area contributed by atoms with Gasteiger partial charge in [-0.1, -0.05) is 46.3 Å². The van der Waals surface area contributed by atoms with Crippen LogP contribution >= 0.6 is 15.9 Å². The number of hydrogen-bond acceptors (Lipinski definition) is 5. The van der Waals surface area contributed by atoms with E-state index in [1.165, 1.54) is 4.90 Å². The molecule has 0 spiro atoms. The zero-order valence-electron chi connectivity index (χ0n) is 22.7. The molecule has 0 aliphatic heterocycles. The van der Waals surface area contributed by atoms with Gasteiger partial charge in [-0.2, -0.15) is 0 Å². The van der Waals surface area contributed by atoms with Crippen molar-refractivity contribution in [2.75, 3.05) is 17.1 Å². The van der Waals surface area contributed by atoms with Crippen LogP contribution in [0.3, 0.4) is 0 Å². The molecule has 0 heterocycles. The van der Waals surface area contributed by atoms with Crippen LogP contribution in [0.5, 0.6) is 11.5 Å². The second-order valence-corrected chi connectivity index (χ2v) is 13.1. The molecule has 3 aromatic rings. The van der Waals surface area contributed by atoms with Crippen molar-refractivity contribution in [2.45, 2.75) is 45.8 Å². The van der Waals surface area contributed by atoms with Gasteiger partial charge in [0.15, 0.2) is 0 Å². The summed E-state index contributed by atoms with van der Waals surface area (Å²) in [4.78, 5) is 28.1. The van der Waals surface area contributed by atoms with Crippen LogP contribution in [0.25, 0.3) is 0 Å². The van der Waals surface area contributed by atoms with Gasteiger partial charge in [-0.05, 0) is 81.8 Å². The summed E-state index contributed by atoms with van der Waals surface area (Å²) < 4.78 is 33.3. The van der Waals surface area contributed by atoms with Gasteiger partial charge in [0.1, 0.15) is 24.1 Å². The fraction of sp³-hybridized carbons (Fsp3) is 0.310. The van der Waals surface area contributed by atoms with Gasteiger partial charge in [0.25, 0.3) is 0 Å². The number of halogens is 1. The van der Waals surface area contributed by atoms with Crippen molar-refractivity contribution in [1.29, 1.82) is 0 Å². The van der Waals surface area contributed by atoms with Crippen LogP contribution in [0.4, 0.5) is 5.69 Å². The van der Waals surface area contributed by atoms with E-state index in [9.17, 15) is 18.0 Å². The third-order valence-electron chi connectivity index (χ3n) is 5.69. The molecule has 0 unspecified atom stereocenters. The zero-order chi connectivity index (χ0) is 28.8. The third kappa shape index (κ3) is 9.11. The summed E-state index contributed by atoms with van der Waals surface area (Å²) >= 11 is 3.44. The summed E-state index contributed by atoms with van der Waals surface area (Å²) in [5.41, 5.74) is 0.597. The Hall–Kier alpha value is -3.37. The monoisotopic (exact) mass is 615 g/mol. The van der Waals surface area contributed by atoms with Gasteiger partial charge in [-0.15, -0.1) is 0 Å². The van der Waals surface area contributed by atoms with Gasteiger partial charge in [-0.3, -0.25) is 13.9 Å². The van der Waals surface area contributed by atoms with E-state index in [1.807, 2.05) is 75.4 Å². The van der Waals surface area contributed by atoms with Crippen LogP contribution in [0.15, 0.2) is 83.3 Å². The molecule has 0 aliphatic carbocycles. The Morgan fingerprint density at radius 3 is 2.13 bits per heavy atom. The fourth-order valence-corrected chi connectivity index (χ4v) is 5.10. The summed E-state index contributed by atoms with van der Waals surface area (Å²) in [7, 11) is -3.84. The van der Waals surface area contributed by atoms with Crippen molar-refractivity contribution in [3.8, 4) is 11.5 Å². The molecule has 0 bridgehead atoms. The van der Waals surface area contributed by atoms with Crippen molar-refractivity contribution >= 4 is 43.5 Å². The normalized spacial score (nSPS) is 12.4. The summed E-state index contributed by atoms with van der Waals surface area (Å²) in [6, 6.07) is 22.2. The Balaban J connectivity index is 1.87. The van der Waals surface area contributed by atoms with E-state index >= 15 is 0 Å². The molecule has 0 fully saturated rings. The number of para-hydroxylation sites is 1. The first-order valence-corrected chi connectivity index (χ1v) is 15.0. The number of sulfonamides is 1. The first kappa shape index (κ1) is 30.2. The average Bonchev–Trinajstić information content (AvgIpc) is 2.85. The predicted octanol–water partition coefficient (Wildman–Crippen LogP) is 5.34. The second-order valence-electron chi connectivity index (χ2n) is 10.2. The SMILES string of the molecule is C[C@H](C(=O)NC(C)(C)C)N(Cc1cccc(Br)c1)C(=O)CN(c1ccc(Oc2ccccc2)cc1)S(C)(=O)=O. The molecule has 0 aliphatic rings. The Kier molecular flexibility index (Phi) is 9.79. The standard InChI is InChI=1S/C29H34BrN3O5S/c1-21(28(35)31-29(2,3)4)32(19-22-10-9-11-23(30)18-22)27(34)20-33(39(5,36)37)24-14-16-26(17-15-24)38-25-12-7-6-8-13-25/h6-18,21H,19-20H2,1-5H3,(H,31,35)/t21-/m1/s1. The molecule has 2 amide bonds. The molecule has 1 N–H and O–H groups in total. The van der Waals surface area contributed by atoms with Crippen molar-refractivity contribution in [3.05, 3.63) is 88.9 Å². The van der Waals surface area contributed by atoms with E-state index < -0.39 is 34.1 Å². The molecule has 0 aromatic heterocycles.